The van der Waals surface area contributed by atoms with Crippen LogP contribution in [-0.2, 0) is 0 Å². The van der Waals surface area contributed by atoms with Crippen LogP contribution in [0.4, 0.5) is 11.4 Å². The van der Waals surface area contributed by atoms with Crippen molar-refractivity contribution in [2.24, 2.45) is 0 Å². The minimum Gasteiger partial charge on any atom is -0.485 e. The van der Waals surface area contributed by atoms with Gasteiger partial charge < -0.3 is 14.1 Å². The molecule has 10 aromatic rings. The van der Waals surface area contributed by atoms with Crippen molar-refractivity contribution in [3.05, 3.63) is 163 Å². The smallest absolute Gasteiger partial charge is 0.137 e. The number of hydrogen-bond acceptors (Lipinski definition) is 3. The van der Waals surface area contributed by atoms with Crippen LogP contribution in [0.25, 0.3) is 65.8 Å². The molecule has 5 nitrogen and oxygen atoms in total. The molecule has 0 amide bonds. The first-order chi connectivity index (χ1) is 24.3. The second kappa shape index (κ2) is 9.12. The molecule has 0 fully saturated rings. The largest absolute Gasteiger partial charge is 0.485 e. The first kappa shape index (κ1) is 25.6. The molecule has 2 atom stereocenters. The van der Waals surface area contributed by atoms with Crippen LogP contribution in [0.5, 0.6) is 5.75 Å². The van der Waals surface area contributed by atoms with E-state index in [0.29, 0.717) is 0 Å². The molecule has 5 heteroatoms. The van der Waals surface area contributed by atoms with Gasteiger partial charge in [-0.25, -0.2) is 0 Å². The summed E-state index contributed by atoms with van der Waals surface area (Å²) in [5.74, 6) is 1.15. The molecule has 0 bridgehead atoms. The Hall–Kier alpha value is -6.46. The highest BCUT2D eigenvalue weighted by atomic mass is 16.5. The molecule has 2 unspecified atom stereocenters. The monoisotopic (exact) mass is 629 g/mol. The number of nitrogens with zero attached hydrogens (tertiary/aromatic N) is 3. The molecule has 0 saturated heterocycles. The van der Waals surface area contributed by atoms with E-state index in [1.807, 2.05) is 12.1 Å². The zero-order chi connectivity index (χ0) is 31.8. The average molecular weight is 630 g/mol. The van der Waals surface area contributed by atoms with Gasteiger partial charge in [-0.2, -0.15) is 0 Å². The SMILES string of the molecule is C1=CC2c3ccccc3OC2C=C1N(c1ccc2c(c1)oc1ccccc12)c1cccc2c1c1c3ccccc3n3c4ccccc4n2c13. The number of fused-ring (bicyclic) bond motifs is 15. The Bertz CT molecular complexity index is 3060. The zero-order valence-corrected chi connectivity index (χ0v) is 26.2. The number of imidazole rings is 1. The minimum absolute atomic E-state index is 0.0914. The summed E-state index contributed by atoms with van der Waals surface area (Å²) in [7, 11) is 0. The third-order valence-electron chi connectivity index (χ3n) is 10.8. The highest BCUT2D eigenvalue weighted by Crippen LogP contribution is 2.49. The van der Waals surface area contributed by atoms with Crippen molar-refractivity contribution in [3.8, 4) is 5.75 Å². The summed E-state index contributed by atoms with van der Waals surface area (Å²) in [5.41, 5.74) is 12.2. The van der Waals surface area contributed by atoms with Gasteiger partial charge in [-0.1, -0.05) is 78.9 Å². The number of anilines is 2. The van der Waals surface area contributed by atoms with Gasteiger partial charge in [0, 0.05) is 55.9 Å². The summed E-state index contributed by atoms with van der Waals surface area (Å²) in [6.07, 6.45) is 6.79. The van der Waals surface area contributed by atoms with E-state index >= 15 is 0 Å². The van der Waals surface area contributed by atoms with Crippen molar-refractivity contribution in [1.29, 1.82) is 0 Å². The summed E-state index contributed by atoms with van der Waals surface area (Å²) in [4.78, 5) is 2.40. The first-order valence-electron chi connectivity index (χ1n) is 16.9. The molecule has 230 valence electrons. The highest BCUT2D eigenvalue weighted by molar-refractivity contribution is 6.27. The fourth-order valence-corrected chi connectivity index (χ4v) is 8.75. The molecule has 4 aromatic heterocycles. The number of furan rings is 1. The van der Waals surface area contributed by atoms with Crippen molar-refractivity contribution in [3.63, 3.8) is 0 Å². The predicted molar refractivity (Wildman–Crippen MR) is 199 cm³/mol. The third-order valence-corrected chi connectivity index (χ3v) is 10.8. The number of benzene rings is 6. The second-order valence-corrected chi connectivity index (χ2v) is 13.3. The molecule has 0 saturated carbocycles. The molecule has 12 rings (SSSR count). The number of aromatic nitrogens is 2. The van der Waals surface area contributed by atoms with Gasteiger partial charge in [0.05, 0.1) is 27.8 Å². The Kier molecular flexibility index (Phi) is 4.76. The van der Waals surface area contributed by atoms with Crippen molar-refractivity contribution in [2.45, 2.75) is 12.0 Å². The van der Waals surface area contributed by atoms with Crippen molar-refractivity contribution in [1.82, 2.24) is 8.80 Å². The van der Waals surface area contributed by atoms with Crippen LogP contribution in [0.1, 0.15) is 11.5 Å². The van der Waals surface area contributed by atoms with E-state index in [1.54, 1.807) is 0 Å². The second-order valence-electron chi connectivity index (χ2n) is 13.3. The van der Waals surface area contributed by atoms with Crippen LogP contribution in [-0.4, -0.2) is 14.9 Å². The summed E-state index contributed by atoms with van der Waals surface area (Å²) >= 11 is 0. The molecule has 2 aliphatic rings. The Labute approximate surface area is 280 Å². The van der Waals surface area contributed by atoms with Crippen LogP contribution in [0.3, 0.4) is 0 Å². The lowest BCUT2D eigenvalue weighted by atomic mass is 9.90. The lowest BCUT2D eigenvalue weighted by Gasteiger charge is -2.30. The van der Waals surface area contributed by atoms with Crippen molar-refractivity contribution < 1.29 is 9.15 Å². The van der Waals surface area contributed by atoms with E-state index < -0.39 is 0 Å². The number of rotatable bonds is 3. The quantitative estimate of drug-likeness (QED) is 0.195. The van der Waals surface area contributed by atoms with Crippen LogP contribution < -0.4 is 9.64 Å². The predicted octanol–water partition coefficient (Wildman–Crippen LogP) is 11.1. The molecule has 6 aromatic carbocycles. The maximum absolute atomic E-state index is 6.56. The van der Waals surface area contributed by atoms with E-state index in [0.717, 1.165) is 44.8 Å². The van der Waals surface area contributed by atoms with Crippen LogP contribution in [0.15, 0.2) is 162 Å². The summed E-state index contributed by atoms with van der Waals surface area (Å²) in [6.45, 7) is 0. The lowest BCUT2D eigenvalue weighted by Crippen LogP contribution is -2.24. The van der Waals surface area contributed by atoms with E-state index in [4.69, 9.17) is 9.15 Å². The highest BCUT2D eigenvalue weighted by Gasteiger charge is 2.35. The van der Waals surface area contributed by atoms with Crippen LogP contribution >= 0.6 is 0 Å². The van der Waals surface area contributed by atoms with Crippen LogP contribution in [0.2, 0.25) is 0 Å². The molecule has 49 heavy (non-hydrogen) atoms. The molecule has 0 radical (unpaired) electrons. The maximum Gasteiger partial charge on any atom is 0.137 e. The lowest BCUT2D eigenvalue weighted by molar-refractivity contribution is 0.267. The van der Waals surface area contributed by atoms with E-state index in [1.165, 1.54) is 49.4 Å². The number of para-hydroxylation sites is 5. The van der Waals surface area contributed by atoms with Gasteiger partial charge in [-0.15, -0.1) is 0 Å². The summed E-state index contributed by atoms with van der Waals surface area (Å²) in [6, 6.07) is 47.6. The minimum atomic E-state index is -0.0914. The Morgan fingerprint density at radius 1 is 0.571 bits per heavy atom. The molecular formula is C44H27N3O2. The summed E-state index contributed by atoms with van der Waals surface area (Å²) < 4.78 is 17.9. The van der Waals surface area contributed by atoms with Crippen molar-refractivity contribution in [2.75, 3.05) is 4.90 Å². The molecule has 0 N–H and O–H groups in total. The molecule has 5 heterocycles. The summed E-state index contributed by atoms with van der Waals surface area (Å²) in [5, 5.41) is 5.97. The van der Waals surface area contributed by atoms with Gasteiger partial charge in [-0.3, -0.25) is 8.80 Å². The molecular weight excluding hydrogens is 603 g/mol. The fraction of sp³-hybridized carbons (Fsp3) is 0.0455. The third kappa shape index (κ3) is 3.24. The molecule has 1 aliphatic heterocycles. The van der Waals surface area contributed by atoms with Gasteiger partial charge >= 0.3 is 0 Å². The number of ether oxygens (including phenoxy) is 1. The van der Waals surface area contributed by atoms with E-state index in [9.17, 15) is 0 Å². The maximum atomic E-state index is 6.56. The van der Waals surface area contributed by atoms with Gasteiger partial charge in [0.15, 0.2) is 0 Å². The van der Waals surface area contributed by atoms with Crippen LogP contribution in [0, 0.1) is 0 Å². The normalized spacial score (nSPS) is 17.2. The standard InChI is InChI=1S/C44H27N3O2/c1-4-13-33-32(12-1)42-43-36(16-9-17-37(43)47-35-15-6-5-14-34(35)46(33)44(42)47)45(26-20-22-30-28-10-2-7-18-38(28)48-40(30)24-26)27-21-23-31-29-11-3-8-19-39(29)49-41(31)25-27/h1-25,30,40H. The Balaban J connectivity index is 1.17. The Morgan fingerprint density at radius 3 is 2.18 bits per heavy atom. The van der Waals surface area contributed by atoms with Gasteiger partial charge in [-0.05, 0) is 66.7 Å². The topological polar surface area (TPSA) is 34.4 Å². The zero-order valence-electron chi connectivity index (χ0n) is 26.2. The fourth-order valence-electron chi connectivity index (χ4n) is 8.75. The Morgan fingerprint density at radius 2 is 1.29 bits per heavy atom. The first-order valence-corrected chi connectivity index (χ1v) is 16.9. The van der Waals surface area contributed by atoms with E-state index in [-0.39, 0.29) is 12.0 Å². The number of hydrogen-bond donors (Lipinski definition) is 0. The van der Waals surface area contributed by atoms with Gasteiger partial charge in [0.2, 0.25) is 0 Å². The van der Waals surface area contributed by atoms with Gasteiger partial charge in [0.25, 0.3) is 0 Å². The average Bonchev–Trinajstić information content (AvgIpc) is 3.94. The van der Waals surface area contributed by atoms with Crippen molar-refractivity contribution >= 4 is 77.2 Å². The molecule has 0 spiro atoms. The van der Waals surface area contributed by atoms with E-state index in [2.05, 4.69) is 153 Å². The number of allylic oxidation sites excluding steroid dienone is 1. The molecule has 1 aliphatic carbocycles. The van der Waals surface area contributed by atoms with Gasteiger partial charge in [0.1, 0.15) is 28.7 Å².